The number of carbonyl (C=O) groups excluding carboxylic acids is 1. The van der Waals surface area contributed by atoms with E-state index in [0.717, 1.165) is 4.31 Å². The number of rotatable bonds is 6. The Bertz CT molecular complexity index is 1270. The lowest BCUT2D eigenvalue weighted by Crippen LogP contribution is -2.50. The summed E-state index contributed by atoms with van der Waals surface area (Å²) in [6.45, 7) is 2.05. The summed E-state index contributed by atoms with van der Waals surface area (Å²) in [5.41, 5.74) is 0.854. The Hall–Kier alpha value is -2.67. The second kappa shape index (κ2) is 9.29. The van der Waals surface area contributed by atoms with Crippen LogP contribution in [0.1, 0.15) is 15.9 Å². The summed E-state index contributed by atoms with van der Waals surface area (Å²) in [6, 6.07) is 8.53. The highest BCUT2D eigenvalue weighted by Gasteiger charge is 2.33. The van der Waals surface area contributed by atoms with E-state index in [1.54, 1.807) is 13.0 Å². The van der Waals surface area contributed by atoms with Crippen molar-refractivity contribution in [3.63, 3.8) is 0 Å². The lowest BCUT2D eigenvalue weighted by Gasteiger charge is -2.34. The third kappa shape index (κ3) is 4.83. The Labute approximate surface area is 194 Å². The van der Waals surface area contributed by atoms with Gasteiger partial charge in [-0.1, -0.05) is 6.07 Å². The first-order valence-corrected chi connectivity index (χ1v) is 13.0. The molecule has 10 nitrogen and oxygen atoms in total. The van der Waals surface area contributed by atoms with Crippen LogP contribution < -0.4 is 4.74 Å². The Morgan fingerprint density at radius 3 is 2.18 bits per heavy atom. The van der Waals surface area contributed by atoms with Gasteiger partial charge in [-0.2, -0.15) is 4.31 Å². The lowest BCUT2D eigenvalue weighted by atomic mass is 10.1. The van der Waals surface area contributed by atoms with Gasteiger partial charge in [0.1, 0.15) is 21.3 Å². The molecule has 180 valence electrons. The van der Waals surface area contributed by atoms with E-state index in [1.165, 1.54) is 60.7 Å². The zero-order valence-corrected chi connectivity index (χ0v) is 20.5. The van der Waals surface area contributed by atoms with E-state index < -0.39 is 26.0 Å². The quantitative estimate of drug-likeness (QED) is 0.634. The molecule has 1 aliphatic heterocycles. The predicted molar refractivity (Wildman–Crippen MR) is 121 cm³/mol. The van der Waals surface area contributed by atoms with Crippen molar-refractivity contribution in [2.24, 2.45) is 0 Å². The van der Waals surface area contributed by atoms with E-state index >= 15 is 0 Å². The fourth-order valence-electron chi connectivity index (χ4n) is 3.49. The number of hydrogen-bond acceptors (Lipinski definition) is 7. The molecule has 0 spiro atoms. The number of benzene rings is 2. The van der Waals surface area contributed by atoms with Crippen LogP contribution in [-0.4, -0.2) is 88.7 Å². The summed E-state index contributed by atoms with van der Waals surface area (Å²) in [6.07, 6.45) is 0. The Balaban J connectivity index is 1.80. The first kappa shape index (κ1) is 25.0. The molecular weight excluding hydrogens is 470 g/mol. The number of amides is 1. The zero-order valence-electron chi connectivity index (χ0n) is 18.8. The first-order chi connectivity index (χ1) is 15.4. The minimum atomic E-state index is -3.93. The average Bonchev–Trinajstić information content (AvgIpc) is 2.79. The molecule has 2 aromatic rings. The third-order valence-corrected chi connectivity index (χ3v) is 9.19. The van der Waals surface area contributed by atoms with Crippen LogP contribution in [-0.2, 0) is 20.0 Å². The highest BCUT2D eigenvalue weighted by Crippen LogP contribution is 2.29. The first-order valence-electron chi connectivity index (χ1n) is 10.1. The van der Waals surface area contributed by atoms with Crippen molar-refractivity contribution in [2.45, 2.75) is 16.7 Å². The van der Waals surface area contributed by atoms with E-state index in [4.69, 9.17) is 4.74 Å². The van der Waals surface area contributed by atoms with Crippen LogP contribution in [0.15, 0.2) is 46.2 Å². The van der Waals surface area contributed by atoms with Crippen molar-refractivity contribution in [3.05, 3.63) is 47.5 Å². The molecule has 1 aliphatic rings. The number of phenols is 1. The number of phenolic OH excluding ortho intramolecular Hbond substituents is 1. The topological polar surface area (TPSA) is 125 Å². The van der Waals surface area contributed by atoms with E-state index in [9.17, 15) is 26.7 Å². The van der Waals surface area contributed by atoms with Crippen molar-refractivity contribution in [3.8, 4) is 11.5 Å². The van der Waals surface area contributed by atoms with Crippen molar-refractivity contribution in [1.29, 1.82) is 0 Å². The molecular formula is C21H27N3O7S2. The van der Waals surface area contributed by atoms with Gasteiger partial charge in [-0.15, -0.1) is 0 Å². The molecule has 12 heteroatoms. The summed E-state index contributed by atoms with van der Waals surface area (Å²) < 4.78 is 58.6. The molecule has 1 saturated heterocycles. The number of aryl methyl sites for hydroxylation is 1. The van der Waals surface area contributed by atoms with Crippen molar-refractivity contribution in [1.82, 2.24) is 13.5 Å². The Kier molecular flexibility index (Phi) is 7.03. The van der Waals surface area contributed by atoms with Gasteiger partial charge in [-0.3, -0.25) is 4.79 Å². The van der Waals surface area contributed by atoms with Gasteiger partial charge in [0, 0.05) is 45.8 Å². The van der Waals surface area contributed by atoms with Gasteiger partial charge in [0.05, 0.1) is 7.11 Å². The van der Waals surface area contributed by atoms with Gasteiger partial charge in [-0.05, 0) is 42.8 Å². The van der Waals surface area contributed by atoms with Gasteiger partial charge in [0.25, 0.3) is 5.91 Å². The fraction of sp³-hybridized carbons (Fsp3) is 0.381. The Morgan fingerprint density at radius 1 is 0.970 bits per heavy atom. The molecule has 0 saturated carbocycles. The smallest absolute Gasteiger partial charge is 0.253 e. The van der Waals surface area contributed by atoms with Crippen molar-refractivity contribution < 1.29 is 31.5 Å². The van der Waals surface area contributed by atoms with Gasteiger partial charge in [-0.25, -0.2) is 21.1 Å². The summed E-state index contributed by atoms with van der Waals surface area (Å²) in [5.74, 6) is -0.621. The fourth-order valence-corrected chi connectivity index (χ4v) is 6.15. The minimum Gasteiger partial charge on any atom is -0.507 e. The molecule has 2 aromatic carbocycles. The summed E-state index contributed by atoms with van der Waals surface area (Å²) in [5, 5.41) is 10.0. The Morgan fingerprint density at radius 2 is 1.61 bits per heavy atom. The van der Waals surface area contributed by atoms with E-state index in [1.807, 2.05) is 0 Å². The van der Waals surface area contributed by atoms with Crippen LogP contribution in [0.2, 0.25) is 0 Å². The maximum absolute atomic E-state index is 13.0. The molecule has 1 fully saturated rings. The standard InChI is InChI=1S/C21H27N3O7S2/c1-15-5-7-17(25)19(13-15)33(29,30)24-11-9-23(10-12-24)21(26)16-6-8-18(31-4)20(14-16)32(27,28)22(2)3/h5-8,13-14,25H,9-12H2,1-4H3. The summed E-state index contributed by atoms with van der Waals surface area (Å²) in [4.78, 5) is 14.2. The maximum atomic E-state index is 13.0. The summed E-state index contributed by atoms with van der Waals surface area (Å²) in [7, 11) is -3.66. The molecule has 1 amide bonds. The van der Waals surface area contributed by atoms with Crippen LogP contribution in [0.25, 0.3) is 0 Å². The molecule has 3 rings (SSSR count). The number of piperazine rings is 1. The molecule has 1 heterocycles. The van der Waals surface area contributed by atoms with E-state index in [0.29, 0.717) is 5.56 Å². The number of carbonyl (C=O) groups is 1. The molecule has 0 aliphatic carbocycles. The highest BCUT2D eigenvalue weighted by atomic mass is 32.2. The number of methoxy groups -OCH3 is 1. The molecule has 0 bridgehead atoms. The van der Waals surface area contributed by atoms with Crippen molar-refractivity contribution >= 4 is 26.0 Å². The van der Waals surface area contributed by atoms with Crippen LogP contribution >= 0.6 is 0 Å². The molecule has 0 unspecified atom stereocenters. The predicted octanol–water partition coefficient (Wildman–Crippen LogP) is 1.11. The van der Waals surface area contributed by atoms with Gasteiger partial charge >= 0.3 is 0 Å². The van der Waals surface area contributed by atoms with Crippen LogP contribution in [0.3, 0.4) is 0 Å². The highest BCUT2D eigenvalue weighted by molar-refractivity contribution is 7.89. The molecule has 0 aromatic heterocycles. The number of nitrogens with zero attached hydrogens (tertiary/aromatic N) is 3. The number of ether oxygens (including phenoxy) is 1. The van der Waals surface area contributed by atoms with Crippen LogP contribution in [0, 0.1) is 6.92 Å². The second-order valence-corrected chi connectivity index (χ2v) is 11.8. The van der Waals surface area contributed by atoms with Crippen molar-refractivity contribution in [2.75, 3.05) is 47.4 Å². The number of sulfonamides is 2. The largest absolute Gasteiger partial charge is 0.507 e. The average molecular weight is 498 g/mol. The third-order valence-electron chi connectivity index (χ3n) is 5.43. The van der Waals surface area contributed by atoms with E-state index in [2.05, 4.69) is 0 Å². The molecule has 33 heavy (non-hydrogen) atoms. The monoisotopic (exact) mass is 497 g/mol. The van der Waals surface area contributed by atoms with Crippen LogP contribution in [0.5, 0.6) is 11.5 Å². The maximum Gasteiger partial charge on any atom is 0.253 e. The number of hydrogen-bond donors (Lipinski definition) is 1. The van der Waals surface area contributed by atoms with Gasteiger partial charge in [0.2, 0.25) is 20.0 Å². The van der Waals surface area contributed by atoms with Gasteiger partial charge in [0.15, 0.2) is 0 Å². The summed E-state index contributed by atoms with van der Waals surface area (Å²) >= 11 is 0. The molecule has 0 radical (unpaired) electrons. The molecule has 1 N–H and O–H groups in total. The normalized spacial score (nSPS) is 15.6. The second-order valence-electron chi connectivity index (χ2n) is 7.82. The zero-order chi connectivity index (χ0) is 24.6. The number of aromatic hydroxyl groups is 1. The minimum absolute atomic E-state index is 0.0421. The molecule has 0 atom stereocenters. The van der Waals surface area contributed by atoms with Crippen LogP contribution in [0.4, 0.5) is 0 Å². The SMILES string of the molecule is COc1ccc(C(=O)N2CCN(S(=O)(=O)c3cc(C)ccc3O)CC2)cc1S(=O)(=O)N(C)C. The van der Waals surface area contributed by atoms with Gasteiger partial charge < -0.3 is 14.7 Å². The lowest BCUT2D eigenvalue weighted by molar-refractivity contribution is 0.0697. The van der Waals surface area contributed by atoms with E-state index in [-0.39, 0.29) is 53.0 Å².